The van der Waals surface area contributed by atoms with E-state index in [0.29, 0.717) is 0 Å². The molecule has 0 aromatic heterocycles. The lowest BCUT2D eigenvalue weighted by Crippen LogP contribution is -2.35. The van der Waals surface area contributed by atoms with E-state index in [1.165, 1.54) is 5.56 Å². The number of nitrogens with zero attached hydrogens (tertiary/aromatic N) is 1. The fourth-order valence-corrected chi connectivity index (χ4v) is 1.59. The summed E-state index contributed by atoms with van der Waals surface area (Å²) in [7, 11) is 1.78. The van der Waals surface area contributed by atoms with Crippen molar-refractivity contribution >= 4 is 11.6 Å². The number of rotatable bonds is 0. The van der Waals surface area contributed by atoms with Gasteiger partial charge in [-0.15, -0.1) is 0 Å². The Morgan fingerprint density at radius 2 is 2.07 bits per heavy atom. The van der Waals surface area contributed by atoms with Crippen LogP contribution in [0.2, 0.25) is 0 Å². The lowest BCUT2D eigenvalue weighted by molar-refractivity contribution is -0.121. The summed E-state index contributed by atoms with van der Waals surface area (Å²) in [5, 5.41) is 0. The zero-order valence-corrected chi connectivity index (χ0v) is 8.63. The molecule has 3 nitrogen and oxygen atoms in total. The molecular weight excluding hydrogens is 178 g/mol. The molecule has 0 aliphatic carbocycles. The predicted octanol–water partition coefficient (Wildman–Crippen LogP) is 1.66. The van der Waals surface area contributed by atoms with Crippen molar-refractivity contribution in [2.45, 2.75) is 13.8 Å². The highest BCUT2D eigenvalue weighted by molar-refractivity contribution is 5.97. The summed E-state index contributed by atoms with van der Waals surface area (Å²) in [6.07, 6.45) is 0. The molecule has 1 aromatic carbocycles. The van der Waals surface area contributed by atoms with Crippen molar-refractivity contribution in [2.75, 3.05) is 18.6 Å². The Morgan fingerprint density at radius 3 is 2.79 bits per heavy atom. The van der Waals surface area contributed by atoms with E-state index in [1.54, 1.807) is 11.9 Å². The van der Waals surface area contributed by atoms with E-state index in [0.717, 1.165) is 17.0 Å². The van der Waals surface area contributed by atoms with Gasteiger partial charge in [0.05, 0.1) is 5.69 Å². The van der Waals surface area contributed by atoms with Crippen LogP contribution >= 0.6 is 0 Å². The molecule has 1 heterocycles. The molecule has 1 aromatic rings. The SMILES string of the molecule is Cc1ccc2c(c1C)OCC(=O)N2C. The van der Waals surface area contributed by atoms with E-state index in [4.69, 9.17) is 4.74 Å². The molecule has 1 aliphatic heterocycles. The van der Waals surface area contributed by atoms with Gasteiger partial charge in [0.1, 0.15) is 5.75 Å². The summed E-state index contributed by atoms with van der Waals surface area (Å²) in [5.74, 6) is 0.841. The van der Waals surface area contributed by atoms with Crippen LogP contribution in [0.4, 0.5) is 5.69 Å². The van der Waals surface area contributed by atoms with Crippen LogP contribution in [0.5, 0.6) is 5.75 Å². The highest BCUT2D eigenvalue weighted by Gasteiger charge is 2.23. The first-order chi connectivity index (χ1) is 6.61. The van der Waals surface area contributed by atoms with Crippen molar-refractivity contribution in [1.29, 1.82) is 0 Å². The van der Waals surface area contributed by atoms with Crippen LogP contribution in [0.15, 0.2) is 12.1 Å². The first-order valence-corrected chi connectivity index (χ1v) is 4.61. The van der Waals surface area contributed by atoms with E-state index in [9.17, 15) is 4.79 Å². The molecule has 0 atom stereocenters. The van der Waals surface area contributed by atoms with Crippen molar-refractivity contribution < 1.29 is 9.53 Å². The molecular formula is C11H13NO2. The number of fused-ring (bicyclic) bond motifs is 1. The van der Waals surface area contributed by atoms with Gasteiger partial charge in [-0.05, 0) is 31.0 Å². The lowest BCUT2D eigenvalue weighted by atomic mass is 10.1. The molecule has 14 heavy (non-hydrogen) atoms. The molecule has 2 rings (SSSR count). The maximum atomic E-state index is 11.4. The van der Waals surface area contributed by atoms with Crippen LogP contribution in [0.3, 0.4) is 0 Å². The van der Waals surface area contributed by atoms with Crippen molar-refractivity contribution in [2.24, 2.45) is 0 Å². The van der Waals surface area contributed by atoms with Crippen molar-refractivity contribution in [3.8, 4) is 5.75 Å². The number of likely N-dealkylation sites (N-methyl/N-ethyl adjacent to an activating group) is 1. The average molecular weight is 191 g/mol. The molecule has 0 saturated heterocycles. The molecule has 0 radical (unpaired) electrons. The summed E-state index contributed by atoms with van der Waals surface area (Å²) in [5.41, 5.74) is 3.16. The van der Waals surface area contributed by atoms with Crippen molar-refractivity contribution in [3.05, 3.63) is 23.3 Å². The van der Waals surface area contributed by atoms with Crippen LogP contribution in [0, 0.1) is 13.8 Å². The normalized spacial score (nSPS) is 15.1. The number of aryl methyl sites for hydroxylation is 1. The second kappa shape index (κ2) is 3.01. The standard InChI is InChI=1S/C11H13NO2/c1-7-4-5-9-11(8(7)2)14-6-10(13)12(9)3/h4-5H,6H2,1-3H3. The van der Waals surface area contributed by atoms with Crippen LogP contribution in [-0.4, -0.2) is 19.6 Å². The number of anilines is 1. The van der Waals surface area contributed by atoms with Crippen LogP contribution in [0.25, 0.3) is 0 Å². The second-order valence-corrected chi connectivity index (χ2v) is 3.60. The second-order valence-electron chi connectivity index (χ2n) is 3.60. The third kappa shape index (κ3) is 1.16. The van der Waals surface area contributed by atoms with Crippen molar-refractivity contribution in [3.63, 3.8) is 0 Å². The molecule has 1 amide bonds. The van der Waals surface area contributed by atoms with E-state index in [1.807, 2.05) is 26.0 Å². The van der Waals surface area contributed by atoms with Gasteiger partial charge >= 0.3 is 0 Å². The topological polar surface area (TPSA) is 29.5 Å². The highest BCUT2D eigenvalue weighted by Crippen LogP contribution is 2.35. The smallest absolute Gasteiger partial charge is 0.264 e. The van der Waals surface area contributed by atoms with Gasteiger partial charge in [0.25, 0.3) is 5.91 Å². The van der Waals surface area contributed by atoms with Gasteiger partial charge in [0, 0.05) is 7.05 Å². The largest absolute Gasteiger partial charge is 0.481 e. The first-order valence-electron chi connectivity index (χ1n) is 4.61. The van der Waals surface area contributed by atoms with Crippen LogP contribution < -0.4 is 9.64 Å². The van der Waals surface area contributed by atoms with Crippen LogP contribution in [-0.2, 0) is 4.79 Å². The molecule has 0 bridgehead atoms. The van der Waals surface area contributed by atoms with Gasteiger partial charge in [-0.25, -0.2) is 0 Å². The van der Waals surface area contributed by atoms with E-state index in [2.05, 4.69) is 0 Å². The minimum atomic E-state index is 0.000697. The number of ether oxygens (including phenoxy) is 1. The maximum absolute atomic E-state index is 11.4. The molecule has 0 N–H and O–H groups in total. The first kappa shape index (κ1) is 9.06. The van der Waals surface area contributed by atoms with Gasteiger partial charge in [0.2, 0.25) is 0 Å². The number of amides is 1. The van der Waals surface area contributed by atoms with Gasteiger partial charge < -0.3 is 9.64 Å². The third-order valence-corrected chi connectivity index (χ3v) is 2.73. The van der Waals surface area contributed by atoms with Gasteiger partial charge in [0.15, 0.2) is 6.61 Å². The lowest BCUT2D eigenvalue weighted by Gasteiger charge is -2.27. The summed E-state index contributed by atoms with van der Waals surface area (Å²) in [6.45, 7) is 4.20. The average Bonchev–Trinajstić information content (AvgIpc) is 2.17. The Labute approximate surface area is 83.3 Å². The fraction of sp³-hybridized carbons (Fsp3) is 0.364. The number of hydrogen-bond donors (Lipinski definition) is 0. The molecule has 0 saturated carbocycles. The van der Waals surface area contributed by atoms with E-state index in [-0.39, 0.29) is 12.5 Å². The molecule has 3 heteroatoms. The summed E-state index contributed by atoms with van der Waals surface area (Å²) in [6, 6.07) is 3.93. The molecule has 0 fully saturated rings. The number of hydrogen-bond acceptors (Lipinski definition) is 2. The third-order valence-electron chi connectivity index (χ3n) is 2.73. The Morgan fingerprint density at radius 1 is 1.36 bits per heavy atom. The van der Waals surface area contributed by atoms with Gasteiger partial charge in [-0.3, -0.25) is 4.79 Å². The Hall–Kier alpha value is -1.51. The quantitative estimate of drug-likeness (QED) is 0.624. The minimum absolute atomic E-state index is 0.000697. The molecule has 74 valence electrons. The van der Waals surface area contributed by atoms with Gasteiger partial charge in [-0.1, -0.05) is 6.07 Å². The monoisotopic (exact) mass is 191 g/mol. The van der Waals surface area contributed by atoms with Crippen LogP contribution in [0.1, 0.15) is 11.1 Å². The maximum Gasteiger partial charge on any atom is 0.264 e. The summed E-state index contributed by atoms with van der Waals surface area (Å²) in [4.78, 5) is 13.0. The minimum Gasteiger partial charge on any atom is -0.481 e. The highest BCUT2D eigenvalue weighted by atomic mass is 16.5. The van der Waals surface area contributed by atoms with E-state index < -0.39 is 0 Å². The number of carbonyl (C=O) groups is 1. The fourth-order valence-electron chi connectivity index (χ4n) is 1.59. The van der Waals surface area contributed by atoms with Crippen molar-refractivity contribution in [1.82, 2.24) is 0 Å². The Balaban J connectivity index is 2.59. The predicted molar refractivity (Wildman–Crippen MR) is 54.8 cm³/mol. The molecule has 0 spiro atoms. The van der Waals surface area contributed by atoms with Gasteiger partial charge in [-0.2, -0.15) is 0 Å². The zero-order valence-electron chi connectivity index (χ0n) is 8.63. The molecule has 1 aliphatic rings. The Kier molecular flexibility index (Phi) is 1.95. The number of benzene rings is 1. The molecule has 0 unspecified atom stereocenters. The Bertz CT molecular complexity index is 399. The summed E-state index contributed by atoms with van der Waals surface area (Å²) < 4.78 is 5.43. The summed E-state index contributed by atoms with van der Waals surface area (Å²) >= 11 is 0. The zero-order chi connectivity index (χ0) is 10.3. The van der Waals surface area contributed by atoms with E-state index >= 15 is 0 Å². The number of carbonyl (C=O) groups excluding carboxylic acids is 1.